The number of aromatic amines is 1. The normalized spacial score (nSPS) is 10.1. The van der Waals surface area contributed by atoms with Gasteiger partial charge in [0.2, 0.25) is 5.56 Å². The van der Waals surface area contributed by atoms with Gasteiger partial charge in [-0.1, -0.05) is 0 Å². The maximum atomic E-state index is 13.0. The fraction of sp³-hybridized carbons (Fsp3) is 0. The molecule has 2 rings (SSSR count). The SMILES string of the molecule is O=C(Nc1ccc(F)cc1C(=O)O)c1ccc(=O)[nH]c1. The van der Waals surface area contributed by atoms with E-state index in [2.05, 4.69) is 10.3 Å². The first-order valence-corrected chi connectivity index (χ1v) is 5.50. The van der Waals surface area contributed by atoms with E-state index in [9.17, 15) is 18.8 Å². The number of pyridine rings is 1. The van der Waals surface area contributed by atoms with Crippen molar-refractivity contribution in [1.29, 1.82) is 0 Å². The molecule has 1 amide bonds. The van der Waals surface area contributed by atoms with Crippen LogP contribution in [0.3, 0.4) is 0 Å². The van der Waals surface area contributed by atoms with Crippen LogP contribution in [0.15, 0.2) is 41.3 Å². The van der Waals surface area contributed by atoms with Gasteiger partial charge in [0.15, 0.2) is 0 Å². The first-order valence-electron chi connectivity index (χ1n) is 5.50. The molecule has 0 fully saturated rings. The number of halogens is 1. The summed E-state index contributed by atoms with van der Waals surface area (Å²) in [6.07, 6.45) is 1.20. The van der Waals surface area contributed by atoms with E-state index in [0.717, 1.165) is 24.3 Å². The molecule has 0 atom stereocenters. The first kappa shape index (κ1) is 13.5. The van der Waals surface area contributed by atoms with Gasteiger partial charge in [-0.15, -0.1) is 0 Å². The number of rotatable bonds is 3. The zero-order valence-corrected chi connectivity index (χ0v) is 10.0. The summed E-state index contributed by atoms with van der Waals surface area (Å²) < 4.78 is 13.0. The predicted octanol–water partition coefficient (Wildman–Crippen LogP) is 1.46. The highest BCUT2D eigenvalue weighted by Crippen LogP contribution is 2.17. The molecule has 0 bridgehead atoms. The number of anilines is 1. The summed E-state index contributed by atoms with van der Waals surface area (Å²) in [6, 6.07) is 5.46. The quantitative estimate of drug-likeness (QED) is 0.790. The van der Waals surface area contributed by atoms with E-state index >= 15 is 0 Å². The molecule has 7 heteroatoms. The van der Waals surface area contributed by atoms with Crippen molar-refractivity contribution in [3.8, 4) is 0 Å². The fourth-order valence-electron chi connectivity index (χ4n) is 1.55. The molecule has 0 aliphatic rings. The summed E-state index contributed by atoms with van der Waals surface area (Å²) in [5.74, 6) is -2.69. The second-order valence-electron chi connectivity index (χ2n) is 3.89. The van der Waals surface area contributed by atoms with E-state index in [-0.39, 0.29) is 22.4 Å². The van der Waals surface area contributed by atoms with Crippen molar-refractivity contribution in [2.75, 3.05) is 5.32 Å². The average molecular weight is 276 g/mol. The Morgan fingerprint density at radius 3 is 2.55 bits per heavy atom. The molecule has 0 unspecified atom stereocenters. The Morgan fingerprint density at radius 2 is 1.95 bits per heavy atom. The molecule has 20 heavy (non-hydrogen) atoms. The number of aromatic carboxylic acids is 1. The van der Waals surface area contributed by atoms with Crippen molar-refractivity contribution in [3.05, 3.63) is 63.8 Å². The number of nitrogens with one attached hydrogen (secondary N) is 2. The number of hydrogen-bond donors (Lipinski definition) is 3. The van der Waals surface area contributed by atoms with Gasteiger partial charge in [-0.25, -0.2) is 9.18 Å². The van der Waals surface area contributed by atoms with Crippen LogP contribution in [0.5, 0.6) is 0 Å². The van der Waals surface area contributed by atoms with Crippen LogP contribution in [0.1, 0.15) is 20.7 Å². The summed E-state index contributed by atoms with van der Waals surface area (Å²) in [4.78, 5) is 36.0. The van der Waals surface area contributed by atoms with Gasteiger partial charge in [-0.2, -0.15) is 0 Å². The minimum absolute atomic E-state index is 0.0323. The summed E-state index contributed by atoms with van der Waals surface area (Å²) in [7, 11) is 0. The molecule has 0 aliphatic carbocycles. The number of H-pyrrole nitrogens is 1. The van der Waals surface area contributed by atoms with Crippen LogP contribution in [0.2, 0.25) is 0 Å². The van der Waals surface area contributed by atoms with E-state index in [1.165, 1.54) is 12.3 Å². The molecule has 0 saturated carbocycles. The maximum Gasteiger partial charge on any atom is 0.337 e. The third-order valence-electron chi connectivity index (χ3n) is 2.51. The Morgan fingerprint density at radius 1 is 1.20 bits per heavy atom. The second kappa shape index (κ2) is 5.35. The number of hydrogen-bond acceptors (Lipinski definition) is 3. The highest BCUT2D eigenvalue weighted by atomic mass is 19.1. The van der Waals surface area contributed by atoms with Gasteiger partial charge in [0.25, 0.3) is 5.91 Å². The molecule has 0 radical (unpaired) electrons. The average Bonchev–Trinajstić information content (AvgIpc) is 2.41. The van der Waals surface area contributed by atoms with Gasteiger partial charge in [-0.3, -0.25) is 9.59 Å². The van der Waals surface area contributed by atoms with E-state index in [0.29, 0.717) is 0 Å². The molecular weight excluding hydrogens is 267 g/mol. The largest absolute Gasteiger partial charge is 0.478 e. The number of aromatic nitrogens is 1. The monoisotopic (exact) mass is 276 g/mol. The highest BCUT2D eigenvalue weighted by molar-refractivity contribution is 6.07. The van der Waals surface area contributed by atoms with Crippen molar-refractivity contribution in [2.45, 2.75) is 0 Å². The first-order chi connectivity index (χ1) is 9.47. The lowest BCUT2D eigenvalue weighted by atomic mass is 10.1. The molecule has 1 aromatic heterocycles. The fourth-order valence-corrected chi connectivity index (χ4v) is 1.55. The standard InChI is InChI=1S/C13H9FN2O4/c14-8-2-3-10(9(5-8)13(19)20)16-12(18)7-1-4-11(17)15-6-7/h1-6H,(H,15,17)(H,16,18)(H,19,20). The van der Waals surface area contributed by atoms with E-state index in [1.54, 1.807) is 0 Å². The topological polar surface area (TPSA) is 99.3 Å². The molecule has 3 N–H and O–H groups in total. The Balaban J connectivity index is 2.30. The molecule has 6 nitrogen and oxygen atoms in total. The number of carboxylic acid groups (broad SMARTS) is 1. The van der Waals surface area contributed by atoms with Gasteiger partial charge >= 0.3 is 5.97 Å². The number of carbonyl (C=O) groups is 2. The van der Waals surface area contributed by atoms with Gasteiger partial charge in [0.05, 0.1) is 16.8 Å². The summed E-state index contributed by atoms with van der Waals surface area (Å²) >= 11 is 0. The zero-order chi connectivity index (χ0) is 14.7. The second-order valence-corrected chi connectivity index (χ2v) is 3.89. The molecule has 0 spiro atoms. The van der Waals surface area contributed by atoms with Gasteiger partial charge in [0.1, 0.15) is 5.82 Å². The maximum absolute atomic E-state index is 13.0. The Bertz CT molecular complexity index is 719. The highest BCUT2D eigenvalue weighted by Gasteiger charge is 2.14. The Hall–Kier alpha value is -2.96. The molecule has 1 aromatic carbocycles. The minimum Gasteiger partial charge on any atom is -0.478 e. The Labute approximate surface area is 111 Å². The van der Waals surface area contributed by atoms with Gasteiger partial charge < -0.3 is 15.4 Å². The smallest absolute Gasteiger partial charge is 0.337 e. The third-order valence-corrected chi connectivity index (χ3v) is 2.51. The van der Waals surface area contributed by atoms with Crippen LogP contribution in [-0.2, 0) is 0 Å². The van der Waals surface area contributed by atoms with E-state index in [1.807, 2.05) is 0 Å². The van der Waals surface area contributed by atoms with Crippen molar-refractivity contribution in [2.24, 2.45) is 0 Å². The molecule has 1 heterocycles. The predicted molar refractivity (Wildman–Crippen MR) is 68.4 cm³/mol. The van der Waals surface area contributed by atoms with Crippen molar-refractivity contribution < 1.29 is 19.1 Å². The van der Waals surface area contributed by atoms with Crippen molar-refractivity contribution in [3.63, 3.8) is 0 Å². The molecule has 2 aromatic rings. The number of carboxylic acids is 1. The van der Waals surface area contributed by atoms with Gasteiger partial charge in [0, 0.05) is 12.3 Å². The molecular formula is C13H9FN2O4. The van der Waals surface area contributed by atoms with Crippen LogP contribution in [-0.4, -0.2) is 22.0 Å². The number of amides is 1. The summed E-state index contributed by atoms with van der Waals surface area (Å²) in [6.45, 7) is 0. The van der Waals surface area contributed by atoms with E-state index in [4.69, 9.17) is 5.11 Å². The van der Waals surface area contributed by atoms with Crippen molar-refractivity contribution in [1.82, 2.24) is 4.98 Å². The van der Waals surface area contributed by atoms with Crippen molar-refractivity contribution >= 4 is 17.6 Å². The molecule has 0 aliphatic heterocycles. The molecule has 0 saturated heterocycles. The summed E-state index contributed by atoms with van der Waals surface area (Å²) in [5, 5.41) is 11.3. The summed E-state index contributed by atoms with van der Waals surface area (Å²) in [5.41, 5.74) is -0.613. The molecule has 102 valence electrons. The van der Waals surface area contributed by atoms with Crippen LogP contribution in [0.25, 0.3) is 0 Å². The zero-order valence-electron chi connectivity index (χ0n) is 10.0. The lowest BCUT2D eigenvalue weighted by Gasteiger charge is -2.08. The Kier molecular flexibility index (Phi) is 3.60. The minimum atomic E-state index is -1.36. The lowest BCUT2D eigenvalue weighted by molar-refractivity contribution is 0.0697. The third kappa shape index (κ3) is 2.89. The number of benzene rings is 1. The van der Waals surface area contributed by atoms with Crippen LogP contribution in [0, 0.1) is 5.82 Å². The van der Waals surface area contributed by atoms with Crippen LogP contribution in [0.4, 0.5) is 10.1 Å². The van der Waals surface area contributed by atoms with Crippen LogP contribution >= 0.6 is 0 Å². The van der Waals surface area contributed by atoms with Gasteiger partial charge in [-0.05, 0) is 24.3 Å². The van der Waals surface area contributed by atoms with E-state index < -0.39 is 17.7 Å². The van der Waals surface area contributed by atoms with Crippen LogP contribution < -0.4 is 10.9 Å². The number of carbonyl (C=O) groups excluding carboxylic acids is 1. The lowest BCUT2D eigenvalue weighted by Crippen LogP contribution is -2.16.